The fourth-order valence-corrected chi connectivity index (χ4v) is 4.67. The summed E-state index contributed by atoms with van der Waals surface area (Å²) >= 11 is 0. The van der Waals surface area contributed by atoms with Crippen LogP contribution in [0, 0.1) is 0 Å². The van der Waals surface area contributed by atoms with Gasteiger partial charge in [-0.15, -0.1) is 0 Å². The Morgan fingerprint density at radius 1 is 1.19 bits per heavy atom. The maximum Gasteiger partial charge on any atom is 0.251 e. The number of fused-ring (bicyclic) bond motifs is 1. The van der Waals surface area contributed by atoms with Crippen LogP contribution in [0.4, 0.5) is 5.82 Å². The average molecular weight is 448 g/mol. The molecule has 0 aliphatic heterocycles. The van der Waals surface area contributed by atoms with Crippen LogP contribution >= 0.6 is 10.5 Å². The predicted molar refractivity (Wildman–Crippen MR) is 131 cm³/mol. The molecule has 164 valence electrons. The summed E-state index contributed by atoms with van der Waals surface area (Å²) in [6, 6.07) is 11.5. The van der Waals surface area contributed by atoms with Gasteiger partial charge in [-0.3, -0.25) is 14.9 Å². The first-order valence-electron chi connectivity index (χ1n) is 10.1. The zero-order valence-corrected chi connectivity index (χ0v) is 18.8. The number of carbonyl (C=O) groups excluding carboxylic acids is 1. The van der Waals surface area contributed by atoms with Crippen molar-refractivity contribution in [2.45, 2.75) is 5.92 Å². The highest BCUT2D eigenvalue weighted by Crippen LogP contribution is 2.30. The van der Waals surface area contributed by atoms with Crippen LogP contribution in [0.3, 0.4) is 0 Å². The molecule has 0 radical (unpaired) electrons. The van der Waals surface area contributed by atoms with Gasteiger partial charge in [0, 0.05) is 43.4 Å². The van der Waals surface area contributed by atoms with E-state index < -0.39 is 0 Å². The van der Waals surface area contributed by atoms with Crippen LogP contribution in [0.5, 0.6) is 0 Å². The van der Waals surface area contributed by atoms with Crippen LogP contribution in [0.2, 0.25) is 0 Å². The van der Waals surface area contributed by atoms with E-state index in [1.165, 1.54) is 6.33 Å². The zero-order valence-electron chi connectivity index (χ0n) is 18.0. The second-order valence-electron chi connectivity index (χ2n) is 7.47. The van der Waals surface area contributed by atoms with Crippen LogP contribution < -0.4 is 10.6 Å². The third-order valence-electron chi connectivity index (χ3n) is 5.17. The summed E-state index contributed by atoms with van der Waals surface area (Å²) in [6.07, 6.45) is 7.05. The molecule has 0 bridgehead atoms. The standard InChI is InChI=1S/C23H25N7OS/c1-24-23(31)18-7-9-25-22-16(5-4-6-17(18)22)15(13-32(2)3)12-26-21-11-20(27-14-28-21)19-8-10-29-30-19/h4-11,14-15H,2,12-13H2,1,3H3,(H,24,31)(H,29,30)(H,26,27,28). The van der Waals surface area contributed by atoms with Crippen molar-refractivity contribution >= 4 is 39.0 Å². The van der Waals surface area contributed by atoms with E-state index >= 15 is 0 Å². The number of aromatic nitrogens is 5. The average Bonchev–Trinajstić information content (AvgIpc) is 3.35. The highest BCUT2D eigenvalue weighted by molar-refractivity contribution is 8.13. The number of carbonyl (C=O) groups is 1. The number of aromatic amines is 1. The molecule has 1 amide bonds. The van der Waals surface area contributed by atoms with Gasteiger partial charge in [0.2, 0.25) is 0 Å². The van der Waals surface area contributed by atoms with Gasteiger partial charge in [-0.25, -0.2) is 9.97 Å². The first-order valence-corrected chi connectivity index (χ1v) is 12.1. The van der Waals surface area contributed by atoms with Gasteiger partial charge in [0.1, 0.15) is 12.1 Å². The summed E-state index contributed by atoms with van der Waals surface area (Å²) in [4.78, 5) is 25.7. The van der Waals surface area contributed by atoms with E-state index in [-0.39, 0.29) is 22.3 Å². The number of amides is 1. The number of para-hydroxylation sites is 1. The van der Waals surface area contributed by atoms with Gasteiger partial charge in [0.25, 0.3) is 5.91 Å². The van der Waals surface area contributed by atoms with Crippen LogP contribution in [-0.4, -0.2) is 62.5 Å². The fraction of sp³-hybridized carbons (Fsp3) is 0.217. The predicted octanol–water partition coefficient (Wildman–Crippen LogP) is 3.30. The molecule has 0 aliphatic carbocycles. The number of hydrogen-bond acceptors (Lipinski definition) is 6. The number of pyridine rings is 1. The first kappa shape index (κ1) is 21.6. The van der Waals surface area contributed by atoms with E-state index in [0.29, 0.717) is 12.1 Å². The lowest BCUT2D eigenvalue weighted by atomic mass is 9.95. The molecule has 3 N–H and O–H groups in total. The van der Waals surface area contributed by atoms with E-state index in [0.717, 1.165) is 39.4 Å². The maximum atomic E-state index is 12.3. The van der Waals surface area contributed by atoms with E-state index in [2.05, 4.69) is 54.0 Å². The summed E-state index contributed by atoms with van der Waals surface area (Å²) in [5, 5.41) is 13.9. The highest BCUT2D eigenvalue weighted by Gasteiger charge is 2.18. The quantitative estimate of drug-likeness (QED) is 0.358. The highest BCUT2D eigenvalue weighted by atomic mass is 32.2. The van der Waals surface area contributed by atoms with Gasteiger partial charge < -0.3 is 10.6 Å². The second-order valence-corrected chi connectivity index (χ2v) is 9.36. The molecule has 2 unspecified atom stereocenters. The summed E-state index contributed by atoms with van der Waals surface area (Å²) in [6.45, 7) is 0.650. The summed E-state index contributed by atoms with van der Waals surface area (Å²) < 4.78 is 0. The Bertz CT molecular complexity index is 1260. The van der Waals surface area contributed by atoms with Crippen molar-refractivity contribution < 1.29 is 4.79 Å². The van der Waals surface area contributed by atoms with E-state index in [4.69, 9.17) is 0 Å². The Balaban J connectivity index is 1.65. The Kier molecular flexibility index (Phi) is 6.55. The molecule has 0 spiro atoms. The molecule has 3 heterocycles. The van der Waals surface area contributed by atoms with Crippen LogP contribution in [0.1, 0.15) is 21.8 Å². The molecule has 0 saturated carbocycles. The van der Waals surface area contributed by atoms with E-state index in [1.807, 2.05) is 24.3 Å². The number of anilines is 1. The number of hydrogen-bond donors (Lipinski definition) is 3. The minimum Gasteiger partial charge on any atom is -0.369 e. The molecule has 4 aromatic rings. The lowest BCUT2D eigenvalue weighted by Crippen LogP contribution is -2.19. The van der Waals surface area contributed by atoms with E-state index in [1.54, 1.807) is 25.5 Å². The molecule has 0 fully saturated rings. The Morgan fingerprint density at radius 3 is 2.81 bits per heavy atom. The molecule has 1 aromatic carbocycles. The molecule has 32 heavy (non-hydrogen) atoms. The first-order chi connectivity index (χ1) is 15.6. The van der Waals surface area contributed by atoms with Gasteiger partial charge in [-0.05, 0) is 29.7 Å². The fourth-order valence-electron chi connectivity index (χ4n) is 3.69. The van der Waals surface area contributed by atoms with Crippen LogP contribution in [0.15, 0.2) is 55.1 Å². The van der Waals surface area contributed by atoms with Gasteiger partial charge in [-0.1, -0.05) is 24.1 Å². The van der Waals surface area contributed by atoms with E-state index in [9.17, 15) is 4.79 Å². The van der Waals surface area contributed by atoms with Gasteiger partial charge in [0.15, 0.2) is 0 Å². The molecular formula is C23H25N7OS. The SMILES string of the molecule is C=S(C)CC(CNc1cc(-c2ccn[nH]2)ncn1)c1cccc2c(C(=O)NC)ccnc12. The van der Waals surface area contributed by atoms with Crippen LogP contribution in [0.25, 0.3) is 22.3 Å². The van der Waals surface area contributed by atoms with Gasteiger partial charge in [0.05, 0.1) is 22.5 Å². The van der Waals surface area contributed by atoms with Crippen molar-refractivity contribution in [1.82, 2.24) is 30.5 Å². The topological polar surface area (TPSA) is 108 Å². The number of nitrogens with one attached hydrogen (secondary N) is 3. The second kappa shape index (κ2) is 9.69. The normalized spacial score (nSPS) is 12.9. The zero-order chi connectivity index (χ0) is 22.5. The van der Waals surface area contributed by atoms with Gasteiger partial charge >= 0.3 is 0 Å². The number of benzene rings is 1. The molecule has 2 atom stereocenters. The smallest absolute Gasteiger partial charge is 0.251 e. The molecular weight excluding hydrogens is 422 g/mol. The summed E-state index contributed by atoms with van der Waals surface area (Å²) in [5.74, 6) is 5.86. The van der Waals surface area contributed by atoms with Crippen molar-refractivity contribution in [3.63, 3.8) is 0 Å². The largest absolute Gasteiger partial charge is 0.369 e. The van der Waals surface area contributed by atoms with Gasteiger partial charge in [-0.2, -0.15) is 15.6 Å². The molecule has 3 aromatic heterocycles. The third-order valence-corrected chi connectivity index (χ3v) is 6.14. The number of H-pyrrole nitrogens is 1. The van der Waals surface area contributed by atoms with Crippen molar-refractivity contribution in [3.05, 3.63) is 66.2 Å². The summed E-state index contributed by atoms with van der Waals surface area (Å²) in [7, 11) is 1.60. The monoisotopic (exact) mass is 447 g/mol. The van der Waals surface area contributed by atoms with Crippen molar-refractivity contribution in [3.8, 4) is 11.4 Å². The third kappa shape index (κ3) is 4.67. The number of nitrogens with zero attached hydrogens (tertiary/aromatic N) is 4. The Hall–Kier alpha value is -3.59. The van der Waals surface area contributed by atoms with Crippen molar-refractivity contribution in [2.75, 3.05) is 30.9 Å². The lowest BCUT2D eigenvalue weighted by Gasteiger charge is -2.21. The lowest BCUT2D eigenvalue weighted by molar-refractivity contribution is 0.0964. The van der Waals surface area contributed by atoms with Crippen LogP contribution in [-0.2, 0) is 0 Å². The number of rotatable bonds is 8. The Morgan fingerprint density at radius 2 is 2.06 bits per heavy atom. The van der Waals surface area contributed by atoms with Crippen molar-refractivity contribution in [1.29, 1.82) is 0 Å². The summed E-state index contributed by atoms with van der Waals surface area (Å²) in [5.41, 5.74) is 4.15. The maximum absolute atomic E-state index is 12.3. The molecule has 8 nitrogen and oxygen atoms in total. The molecule has 4 rings (SSSR count). The molecule has 9 heteroatoms. The Labute approximate surface area is 188 Å². The molecule has 0 saturated heterocycles. The minimum atomic E-state index is -0.121. The minimum absolute atomic E-state index is 0.0344. The molecule has 0 aliphatic rings. The van der Waals surface area contributed by atoms with Crippen molar-refractivity contribution in [2.24, 2.45) is 0 Å².